The SMILES string of the molecule is Cc1ccc(-c2csc3nc(SCc4ccccc4C)nc(Cl)c23)cc1. The first kappa shape index (κ1) is 17.5. The van der Waals surface area contributed by atoms with Gasteiger partial charge in [-0.15, -0.1) is 11.3 Å². The molecule has 0 aliphatic carbocycles. The first-order valence-electron chi connectivity index (χ1n) is 8.31. The molecule has 0 spiro atoms. The zero-order chi connectivity index (χ0) is 18.1. The van der Waals surface area contributed by atoms with Crippen molar-refractivity contribution in [3.8, 4) is 11.1 Å². The maximum atomic E-state index is 6.55. The van der Waals surface area contributed by atoms with Gasteiger partial charge in [-0.1, -0.05) is 77.5 Å². The van der Waals surface area contributed by atoms with Crippen LogP contribution in [0.1, 0.15) is 16.7 Å². The number of aromatic nitrogens is 2. The average Bonchev–Trinajstić information content (AvgIpc) is 3.06. The van der Waals surface area contributed by atoms with Gasteiger partial charge in [0, 0.05) is 16.7 Å². The highest BCUT2D eigenvalue weighted by Gasteiger charge is 2.14. The number of thioether (sulfide) groups is 1. The van der Waals surface area contributed by atoms with Gasteiger partial charge in [-0.2, -0.15) is 0 Å². The molecule has 0 fully saturated rings. The van der Waals surface area contributed by atoms with Crippen LogP contribution < -0.4 is 0 Å². The Hall–Kier alpha value is -1.88. The highest BCUT2D eigenvalue weighted by molar-refractivity contribution is 7.98. The third-order valence-corrected chi connectivity index (χ3v) is 6.39. The largest absolute Gasteiger partial charge is 0.211 e. The lowest BCUT2D eigenvalue weighted by Crippen LogP contribution is -1.91. The number of thiophene rings is 1. The molecule has 0 radical (unpaired) electrons. The van der Waals surface area contributed by atoms with E-state index in [1.165, 1.54) is 16.7 Å². The van der Waals surface area contributed by atoms with Gasteiger partial charge in [-0.25, -0.2) is 9.97 Å². The second-order valence-electron chi connectivity index (χ2n) is 6.21. The number of benzene rings is 2. The predicted octanol–water partition coefficient (Wildman–Crippen LogP) is 6.92. The van der Waals surface area contributed by atoms with E-state index < -0.39 is 0 Å². The standard InChI is InChI=1S/C21H17ClN2S2/c1-13-7-9-15(10-8-13)17-12-25-20-18(17)19(22)23-21(24-20)26-11-16-6-4-3-5-14(16)2/h3-10,12H,11H2,1-2H3. The molecule has 2 nitrogen and oxygen atoms in total. The maximum Gasteiger partial charge on any atom is 0.190 e. The highest BCUT2D eigenvalue weighted by Crippen LogP contribution is 2.38. The van der Waals surface area contributed by atoms with Gasteiger partial charge < -0.3 is 0 Å². The van der Waals surface area contributed by atoms with Gasteiger partial charge in [0.25, 0.3) is 0 Å². The molecule has 2 aromatic carbocycles. The third kappa shape index (κ3) is 3.50. The van der Waals surface area contributed by atoms with E-state index in [0.29, 0.717) is 5.15 Å². The van der Waals surface area contributed by atoms with E-state index in [2.05, 4.69) is 72.7 Å². The number of aryl methyl sites for hydroxylation is 2. The third-order valence-electron chi connectivity index (χ3n) is 4.35. The molecule has 0 aliphatic heterocycles. The molecular formula is C21H17ClN2S2. The Labute approximate surface area is 166 Å². The summed E-state index contributed by atoms with van der Waals surface area (Å²) in [4.78, 5) is 10.2. The molecule has 5 heteroatoms. The predicted molar refractivity (Wildman–Crippen MR) is 113 cm³/mol. The molecular weight excluding hydrogens is 380 g/mol. The number of hydrogen-bond donors (Lipinski definition) is 0. The van der Waals surface area contributed by atoms with Crippen LogP contribution in [0.3, 0.4) is 0 Å². The van der Waals surface area contributed by atoms with Crippen LogP contribution in [-0.4, -0.2) is 9.97 Å². The van der Waals surface area contributed by atoms with Crippen molar-refractivity contribution in [2.75, 3.05) is 0 Å². The summed E-state index contributed by atoms with van der Waals surface area (Å²) >= 11 is 9.79. The summed E-state index contributed by atoms with van der Waals surface area (Å²) in [6, 6.07) is 16.8. The normalized spacial score (nSPS) is 11.2. The molecule has 2 heterocycles. The fourth-order valence-electron chi connectivity index (χ4n) is 2.81. The molecule has 0 saturated carbocycles. The van der Waals surface area contributed by atoms with Crippen LogP contribution in [-0.2, 0) is 5.75 Å². The fourth-order valence-corrected chi connectivity index (χ4v) is 5.11. The van der Waals surface area contributed by atoms with Crippen molar-refractivity contribution in [2.24, 2.45) is 0 Å². The Morgan fingerprint density at radius 1 is 1.00 bits per heavy atom. The van der Waals surface area contributed by atoms with E-state index in [1.54, 1.807) is 23.1 Å². The Morgan fingerprint density at radius 2 is 1.77 bits per heavy atom. The first-order chi connectivity index (χ1) is 12.6. The van der Waals surface area contributed by atoms with Crippen molar-refractivity contribution in [2.45, 2.75) is 24.8 Å². The van der Waals surface area contributed by atoms with E-state index in [0.717, 1.165) is 32.3 Å². The number of rotatable bonds is 4. The van der Waals surface area contributed by atoms with Crippen LogP contribution in [0.25, 0.3) is 21.3 Å². The molecule has 2 aromatic heterocycles. The molecule has 0 N–H and O–H groups in total. The molecule has 0 aliphatic rings. The van der Waals surface area contributed by atoms with Crippen molar-refractivity contribution in [3.63, 3.8) is 0 Å². The van der Waals surface area contributed by atoms with Gasteiger partial charge >= 0.3 is 0 Å². The Morgan fingerprint density at radius 3 is 2.54 bits per heavy atom. The summed E-state index contributed by atoms with van der Waals surface area (Å²) in [5.74, 6) is 0.838. The van der Waals surface area contributed by atoms with Gasteiger partial charge in [0.2, 0.25) is 0 Å². The minimum absolute atomic E-state index is 0.527. The number of nitrogens with zero attached hydrogens (tertiary/aromatic N) is 2. The fraction of sp³-hybridized carbons (Fsp3) is 0.143. The van der Waals surface area contributed by atoms with E-state index in [9.17, 15) is 0 Å². The van der Waals surface area contributed by atoms with Crippen molar-refractivity contribution in [1.29, 1.82) is 0 Å². The average molecular weight is 397 g/mol. The lowest BCUT2D eigenvalue weighted by atomic mass is 10.1. The van der Waals surface area contributed by atoms with Crippen molar-refractivity contribution in [3.05, 3.63) is 75.8 Å². The van der Waals surface area contributed by atoms with Crippen LogP contribution >= 0.6 is 34.7 Å². The maximum absolute atomic E-state index is 6.55. The topological polar surface area (TPSA) is 25.8 Å². The summed E-state index contributed by atoms with van der Waals surface area (Å²) in [5.41, 5.74) is 6.07. The highest BCUT2D eigenvalue weighted by atomic mass is 35.5. The molecule has 4 rings (SSSR count). The molecule has 0 atom stereocenters. The van der Waals surface area contributed by atoms with Gasteiger partial charge in [0.05, 0.1) is 5.39 Å². The molecule has 0 bridgehead atoms. The number of halogens is 1. The van der Waals surface area contributed by atoms with E-state index in [1.807, 2.05) is 0 Å². The molecule has 0 saturated heterocycles. The summed E-state index contributed by atoms with van der Waals surface area (Å²) < 4.78 is 0. The van der Waals surface area contributed by atoms with Crippen molar-refractivity contribution < 1.29 is 0 Å². The van der Waals surface area contributed by atoms with Gasteiger partial charge in [-0.05, 0) is 30.5 Å². The summed E-state index contributed by atoms with van der Waals surface area (Å²) in [6.45, 7) is 4.21. The Bertz CT molecular complexity index is 1070. The zero-order valence-electron chi connectivity index (χ0n) is 14.5. The quantitative estimate of drug-likeness (QED) is 0.212. The van der Waals surface area contributed by atoms with E-state index in [-0.39, 0.29) is 0 Å². The lowest BCUT2D eigenvalue weighted by molar-refractivity contribution is 1.01. The first-order valence-corrected chi connectivity index (χ1v) is 10.6. The lowest BCUT2D eigenvalue weighted by Gasteiger charge is -2.06. The van der Waals surface area contributed by atoms with Crippen LogP contribution in [0.2, 0.25) is 5.15 Å². The van der Waals surface area contributed by atoms with Crippen LogP contribution in [0.4, 0.5) is 0 Å². The molecule has 0 unspecified atom stereocenters. The van der Waals surface area contributed by atoms with Crippen LogP contribution in [0.5, 0.6) is 0 Å². The summed E-state index contributed by atoms with van der Waals surface area (Å²) in [5, 5.41) is 4.31. The molecule has 0 amide bonds. The van der Waals surface area contributed by atoms with Crippen LogP contribution in [0.15, 0.2) is 59.1 Å². The molecule has 130 valence electrons. The summed E-state index contributed by atoms with van der Waals surface area (Å²) in [7, 11) is 0. The Balaban J connectivity index is 1.65. The molecule has 26 heavy (non-hydrogen) atoms. The van der Waals surface area contributed by atoms with Crippen LogP contribution in [0, 0.1) is 13.8 Å². The number of hydrogen-bond acceptors (Lipinski definition) is 4. The number of fused-ring (bicyclic) bond motifs is 1. The second-order valence-corrected chi connectivity index (χ2v) is 8.37. The van der Waals surface area contributed by atoms with Gasteiger partial charge in [0.1, 0.15) is 9.98 Å². The zero-order valence-corrected chi connectivity index (χ0v) is 16.9. The van der Waals surface area contributed by atoms with E-state index in [4.69, 9.17) is 16.6 Å². The summed E-state index contributed by atoms with van der Waals surface area (Å²) in [6.07, 6.45) is 0. The van der Waals surface area contributed by atoms with Crippen molar-refractivity contribution >= 4 is 44.9 Å². The minimum Gasteiger partial charge on any atom is -0.211 e. The smallest absolute Gasteiger partial charge is 0.190 e. The monoisotopic (exact) mass is 396 g/mol. The van der Waals surface area contributed by atoms with E-state index >= 15 is 0 Å². The minimum atomic E-state index is 0.527. The second kappa shape index (κ2) is 7.39. The molecule has 4 aromatic rings. The van der Waals surface area contributed by atoms with Gasteiger partial charge in [0.15, 0.2) is 5.16 Å². The van der Waals surface area contributed by atoms with Crippen molar-refractivity contribution in [1.82, 2.24) is 9.97 Å². The Kier molecular flexibility index (Phi) is 4.98. The van der Waals surface area contributed by atoms with Gasteiger partial charge in [-0.3, -0.25) is 0 Å².